The van der Waals surface area contributed by atoms with Crippen LogP contribution in [0.15, 0.2) is 12.1 Å². The second-order valence-corrected chi connectivity index (χ2v) is 5.93. The summed E-state index contributed by atoms with van der Waals surface area (Å²) >= 11 is 0. The van der Waals surface area contributed by atoms with Crippen molar-refractivity contribution in [3.8, 4) is 5.75 Å². The van der Waals surface area contributed by atoms with E-state index in [2.05, 4.69) is 32.9 Å². The molecule has 0 aliphatic heterocycles. The molecule has 2 N–H and O–H groups in total. The minimum Gasteiger partial charge on any atom is -0.496 e. The number of nitrogens with two attached hydrogens (primary N) is 1. The normalized spacial score (nSPS) is 18.3. The first-order valence-corrected chi connectivity index (χ1v) is 6.96. The smallest absolute Gasteiger partial charge is 0.125 e. The highest BCUT2D eigenvalue weighted by molar-refractivity contribution is 5.47. The van der Waals surface area contributed by atoms with Crippen molar-refractivity contribution in [3.63, 3.8) is 0 Å². The van der Waals surface area contributed by atoms with Gasteiger partial charge in [-0.2, -0.15) is 0 Å². The van der Waals surface area contributed by atoms with Crippen LogP contribution in [0.3, 0.4) is 0 Å². The third-order valence-electron chi connectivity index (χ3n) is 4.20. The van der Waals surface area contributed by atoms with Crippen molar-refractivity contribution in [1.82, 2.24) is 0 Å². The summed E-state index contributed by atoms with van der Waals surface area (Å²) in [4.78, 5) is 0. The van der Waals surface area contributed by atoms with Crippen LogP contribution in [0, 0.1) is 6.92 Å². The quantitative estimate of drug-likeness (QED) is 0.880. The molecule has 1 saturated carbocycles. The van der Waals surface area contributed by atoms with Gasteiger partial charge in [-0.05, 0) is 48.4 Å². The van der Waals surface area contributed by atoms with Crippen molar-refractivity contribution < 1.29 is 4.74 Å². The first-order chi connectivity index (χ1) is 8.48. The molecule has 1 aliphatic rings. The van der Waals surface area contributed by atoms with Crippen molar-refractivity contribution in [1.29, 1.82) is 0 Å². The van der Waals surface area contributed by atoms with Gasteiger partial charge in [0.15, 0.2) is 0 Å². The lowest BCUT2D eigenvalue weighted by molar-refractivity contribution is 0.402. The van der Waals surface area contributed by atoms with Gasteiger partial charge in [-0.3, -0.25) is 0 Å². The number of hydrogen-bond donors (Lipinski definition) is 1. The Morgan fingerprint density at radius 2 is 1.83 bits per heavy atom. The lowest BCUT2D eigenvalue weighted by Crippen LogP contribution is -2.33. The first-order valence-electron chi connectivity index (χ1n) is 6.96. The van der Waals surface area contributed by atoms with E-state index in [1.165, 1.54) is 29.5 Å². The van der Waals surface area contributed by atoms with Gasteiger partial charge < -0.3 is 10.5 Å². The monoisotopic (exact) mass is 247 g/mol. The number of rotatable bonds is 3. The summed E-state index contributed by atoms with van der Waals surface area (Å²) in [6.07, 6.45) is 4.71. The summed E-state index contributed by atoms with van der Waals surface area (Å²) in [5.74, 6) is 1.49. The molecule has 18 heavy (non-hydrogen) atoms. The Bertz CT molecular complexity index is 431. The summed E-state index contributed by atoms with van der Waals surface area (Å²) < 4.78 is 5.55. The zero-order chi connectivity index (χ0) is 13.3. The maximum absolute atomic E-state index is 6.57. The molecule has 0 atom stereocenters. The molecule has 0 amide bonds. The Balaban J connectivity index is 2.50. The minimum absolute atomic E-state index is 0.110. The molecule has 0 heterocycles. The molecular formula is C16H25NO. The SMILES string of the molecule is COc1c(C)cc(C2(N)CCCC2)cc1C(C)C. The van der Waals surface area contributed by atoms with Crippen molar-refractivity contribution >= 4 is 0 Å². The van der Waals surface area contributed by atoms with Crippen LogP contribution in [0.4, 0.5) is 0 Å². The van der Waals surface area contributed by atoms with Crippen LogP contribution in [-0.2, 0) is 5.54 Å². The maximum atomic E-state index is 6.57. The summed E-state index contributed by atoms with van der Waals surface area (Å²) in [7, 11) is 1.75. The zero-order valence-corrected chi connectivity index (χ0v) is 12.0. The molecule has 1 fully saturated rings. The number of hydrogen-bond acceptors (Lipinski definition) is 2. The van der Waals surface area contributed by atoms with E-state index in [1.807, 2.05) is 0 Å². The fourth-order valence-electron chi connectivity index (χ4n) is 3.09. The van der Waals surface area contributed by atoms with Gasteiger partial charge in [0.25, 0.3) is 0 Å². The third-order valence-corrected chi connectivity index (χ3v) is 4.20. The highest BCUT2D eigenvalue weighted by atomic mass is 16.5. The Labute approximate surface area is 111 Å². The number of methoxy groups -OCH3 is 1. The van der Waals surface area contributed by atoms with Gasteiger partial charge in [-0.25, -0.2) is 0 Å². The third kappa shape index (κ3) is 2.26. The molecule has 0 aromatic heterocycles. The second-order valence-electron chi connectivity index (χ2n) is 5.93. The number of aryl methyl sites for hydroxylation is 1. The minimum atomic E-state index is -0.110. The van der Waals surface area contributed by atoms with E-state index in [9.17, 15) is 0 Å². The standard InChI is InChI=1S/C16H25NO/c1-11(2)14-10-13(9-12(3)15(14)18-4)16(17)7-5-6-8-16/h9-11H,5-8,17H2,1-4H3. The van der Waals surface area contributed by atoms with Crippen molar-refractivity contribution in [2.45, 2.75) is 57.9 Å². The van der Waals surface area contributed by atoms with Gasteiger partial charge in [0, 0.05) is 5.54 Å². The molecule has 2 heteroatoms. The van der Waals surface area contributed by atoms with Crippen LogP contribution < -0.4 is 10.5 Å². The van der Waals surface area contributed by atoms with E-state index in [0.717, 1.165) is 18.6 Å². The Morgan fingerprint density at radius 1 is 1.22 bits per heavy atom. The molecule has 0 radical (unpaired) electrons. The summed E-state index contributed by atoms with van der Waals surface area (Å²) in [5, 5.41) is 0. The topological polar surface area (TPSA) is 35.2 Å². The van der Waals surface area contributed by atoms with Gasteiger partial charge in [-0.1, -0.05) is 32.8 Å². The van der Waals surface area contributed by atoms with Crippen LogP contribution >= 0.6 is 0 Å². The highest BCUT2D eigenvalue weighted by Crippen LogP contribution is 2.40. The first kappa shape index (κ1) is 13.4. The molecule has 100 valence electrons. The summed E-state index contributed by atoms with van der Waals surface area (Å²) in [6.45, 7) is 6.53. The van der Waals surface area contributed by atoms with E-state index in [1.54, 1.807) is 7.11 Å². The fraction of sp³-hybridized carbons (Fsp3) is 0.625. The Hall–Kier alpha value is -1.02. The van der Waals surface area contributed by atoms with Gasteiger partial charge in [0.05, 0.1) is 7.11 Å². The fourth-order valence-corrected chi connectivity index (χ4v) is 3.09. The van der Waals surface area contributed by atoms with E-state index in [0.29, 0.717) is 5.92 Å². The average molecular weight is 247 g/mol. The van der Waals surface area contributed by atoms with Crippen molar-refractivity contribution in [2.75, 3.05) is 7.11 Å². The number of benzene rings is 1. The molecule has 0 saturated heterocycles. The summed E-state index contributed by atoms with van der Waals surface area (Å²) in [5.41, 5.74) is 10.2. The molecule has 0 spiro atoms. The van der Waals surface area contributed by atoms with E-state index < -0.39 is 0 Å². The van der Waals surface area contributed by atoms with Crippen LogP contribution in [0.25, 0.3) is 0 Å². The maximum Gasteiger partial charge on any atom is 0.125 e. The van der Waals surface area contributed by atoms with Crippen molar-refractivity contribution in [2.24, 2.45) is 5.73 Å². The molecule has 0 unspecified atom stereocenters. The van der Waals surface area contributed by atoms with E-state index in [-0.39, 0.29) is 5.54 Å². The van der Waals surface area contributed by atoms with Gasteiger partial charge in [-0.15, -0.1) is 0 Å². The average Bonchev–Trinajstić information content (AvgIpc) is 2.76. The predicted molar refractivity (Wildman–Crippen MR) is 76.2 cm³/mol. The Kier molecular flexibility index (Phi) is 3.67. The lowest BCUT2D eigenvalue weighted by atomic mass is 9.85. The molecule has 1 aromatic rings. The molecule has 0 bridgehead atoms. The molecule has 2 rings (SSSR count). The van der Waals surface area contributed by atoms with Gasteiger partial charge >= 0.3 is 0 Å². The highest BCUT2D eigenvalue weighted by Gasteiger charge is 2.32. The Morgan fingerprint density at radius 3 is 2.33 bits per heavy atom. The van der Waals surface area contributed by atoms with Crippen LogP contribution in [0.5, 0.6) is 5.75 Å². The van der Waals surface area contributed by atoms with Gasteiger partial charge in [0.1, 0.15) is 5.75 Å². The second kappa shape index (κ2) is 4.93. The predicted octanol–water partition coefficient (Wildman–Crippen LogP) is 3.86. The largest absolute Gasteiger partial charge is 0.496 e. The van der Waals surface area contributed by atoms with Crippen molar-refractivity contribution in [3.05, 3.63) is 28.8 Å². The van der Waals surface area contributed by atoms with Crippen LogP contribution in [0.2, 0.25) is 0 Å². The molecule has 1 aromatic carbocycles. The van der Waals surface area contributed by atoms with E-state index in [4.69, 9.17) is 10.5 Å². The summed E-state index contributed by atoms with van der Waals surface area (Å²) in [6, 6.07) is 4.48. The molecular weight excluding hydrogens is 222 g/mol. The lowest BCUT2D eigenvalue weighted by Gasteiger charge is -2.27. The van der Waals surface area contributed by atoms with Crippen LogP contribution in [0.1, 0.15) is 62.1 Å². The van der Waals surface area contributed by atoms with Gasteiger partial charge in [0.2, 0.25) is 0 Å². The number of ether oxygens (including phenoxy) is 1. The zero-order valence-electron chi connectivity index (χ0n) is 12.0. The molecule has 2 nitrogen and oxygen atoms in total. The molecule has 1 aliphatic carbocycles. The van der Waals surface area contributed by atoms with Crippen LogP contribution in [-0.4, -0.2) is 7.11 Å². The van der Waals surface area contributed by atoms with E-state index >= 15 is 0 Å².